The number of thiazole rings is 1. The first-order chi connectivity index (χ1) is 23.2. The highest BCUT2D eigenvalue weighted by Gasteiger charge is 2.61. The molecule has 2 amide bonds. The maximum Gasteiger partial charge on any atom is 0.274 e. The van der Waals surface area contributed by atoms with E-state index in [1.54, 1.807) is 4.90 Å². The summed E-state index contributed by atoms with van der Waals surface area (Å²) < 4.78 is 35.3. The lowest BCUT2D eigenvalue weighted by molar-refractivity contribution is -0.142. The van der Waals surface area contributed by atoms with E-state index in [1.165, 1.54) is 16.9 Å². The Morgan fingerprint density at radius 3 is 2.60 bits per heavy atom. The van der Waals surface area contributed by atoms with E-state index < -0.39 is 38.7 Å². The Morgan fingerprint density at radius 2 is 1.81 bits per heavy atom. The molecule has 7 rings (SSSR count). The summed E-state index contributed by atoms with van der Waals surface area (Å²) in [5, 5.41) is -0.0438. The number of carbonyl (C=O) groups excluding carboxylic acids is 3. The first-order valence-corrected chi connectivity index (χ1v) is 19.7. The monoisotopic (exact) mass is 689 g/mol. The van der Waals surface area contributed by atoms with Crippen molar-refractivity contribution in [2.75, 3.05) is 6.54 Å². The number of nitrogens with zero attached hydrogens (tertiary/aromatic N) is 2. The zero-order chi connectivity index (χ0) is 33.3. The Morgan fingerprint density at radius 1 is 1.02 bits per heavy atom. The predicted octanol–water partition coefficient (Wildman–Crippen LogP) is 5.99. The van der Waals surface area contributed by atoms with Crippen LogP contribution >= 0.6 is 11.3 Å². The van der Waals surface area contributed by atoms with Crippen LogP contribution in [0.25, 0.3) is 10.2 Å². The molecule has 1 N–H and O–H groups in total. The van der Waals surface area contributed by atoms with Crippen LogP contribution in [0.1, 0.15) is 76.2 Å². The van der Waals surface area contributed by atoms with Crippen LogP contribution in [0.15, 0.2) is 66.7 Å². The lowest BCUT2D eigenvalue weighted by Crippen LogP contribution is -2.46. The van der Waals surface area contributed by atoms with E-state index in [-0.39, 0.29) is 36.5 Å². The molecule has 2 saturated carbocycles. The van der Waals surface area contributed by atoms with E-state index >= 15 is 0 Å². The van der Waals surface area contributed by atoms with Crippen LogP contribution in [-0.4, -0.2) is 59.8 Å². The second kappa shape index (κ2) is 13.7. The van der Waals surface area contributed by atoms with Gasteiger partial charge in [0, 0.05) is 18.8 Å². The Labute approximate surface area is 286 Å². The lowest BCUT2D eigenvalue weighted by atomic mass is 9.90. The summed E-state index contributed by atoms with van der Waals surface area (Å²) in [7, 11) is -3.77. The number of para-hydroxylation sites is 1. The van der Waals surface area contributed by atoms with Crippen molar-refractivity contribution in [1.29, 1.82) is 0 Å². The van der Waals surface area contributed by atoms with E-state index in [0.717, 1.165) is 48.7 Å². The van der Waals surface area contributed by atoms with E-state index in [1.807, 2.05) is 48.5 Å². The van der Waals surface area contributed by atoms with Gasteiger partial charge in [-0.1, -0.05) is 78.8 Å². The largest absolute Gasteiger partial charge is 0.465 e. The van der Waals surface area contributed by atoms with Crippen molar-refractivity contribution in [3.05, 3.63) is 72.3 Å². The number of amides is 2. The van der Waals surface area contributed by atoms with Gasteiger partial charge < -0.3 is 9.64 Å². The summed E-state index contributed by atoms with van der Waals surface area (Å²) in [5.41, 5.74) is 0.870. The maximum absolute atomic E-state index is 14.5. The van der Waals surface area contributed by atoms with E-state index in [4.69, 9.17) is 4.74 Å². The minimum absolute atomic E-state index is 0.0464. The molecule has 5 atom stereocenters. The third-order valence-corrected chi connectivity index (χ3v) is 13.2. The number of benzene rings is 2. The number of fused-ring (bicyclic) bond motifs is 3. The summed E-state index contributed by atoms with van der Waals surface area (Å²) in [4.78, 5) is 48.8. The number of allylic oxidation sites excluding steroid dienone is 2. The zero-order valence-corrected chi connectivity index (χ0v) is 28.7. The molecule has 9 nitrogen and oxygen atoms in total. The van der Waals surface area contributed by atoms with Crippen molar-refractivity contribution in [3.8, 4) is 5.19 Å². The second-order valence-corrected chi connectivity index (χ2v) is 17.0. The fraction of sp³-hybridized carbons (Fsp3) is 0.514. The molecule has 1 saturated heterocycles. The summed E-state index contributed by atoms with van der Waals surface area (Å²) in [6.07, 6.45) is 11.2. The van der Waals surface area contributed by atoms with Crippen molar-refractivity contribution in [3.63, 3.8) is 0 Å². The molecule has 254 valence electrons. The molecule has 3 aromatic rings. The number of ether oxygens (including phenoxy) is 1. The first kappa shape index (κ1) is 33.0. The lowest BCUT2D eigenvalue weighted by Gasteiger charge is -2.29. The van der Waals surface area contributed by atoms with Crippen LogP contribution in [-0.2, 0) is 30.8 Å². The Balaban J connectivity index is 1.16. The number of rotatable bonds is 8. The topological polar surface area (TPSA) is 123 Å². The highest BCUT2D eigenvalue weighted by Crippen LogP contribution is 2.57. The molecule has 2 aliphatic heterocycles. The SMILES string of the molecule is O=C1C[C@]2(C(=O)NS(=O)(=O)C3CC3)C[C@H]2/C=C\CCCCC[C@H](CCc2ccccc2)C(=O)N2C[C@H](Oc3nc4ccccc4s3)C[C@@H]12. The predicted molar refractivity (Wildman–Crippen MR) is 185 cm³/mol. The minimum Gasteiger partial charge on any atom is -0.465 e. The Kier molecular flexibility index (Phi) is 9.43. The fourth-order valence-electron chi connectivity index (χ4n) is 7.43. The minimum atomic E-state index is -3.77. The number of ketones is 1. The Hall–Kier alpha value is -3.57. The first-order valence-electron chi connectivity index (χ1n) is 17.3. The van der Waals surface area contributed by atoms with Gasteiger partial charge >= 0.3 is 0 Å². The van der Waals surface area contributed by atoms with Gasteiger partial charge in [-0.2, -0.15) is 0 Å². The summed E-state index contributed by atoms with van der Waals surface area (Å²) in [5.74, 6) is -1.34. The fourth-order valence-corrected chi connectivity index (χ4v) is 9.70. The zero-order valence-electron chi connectivity index (χ0n) is 27.1. The molecule has 2 aliphatic carbocycles. The highest BCUT2D eigenvalue weighted by molar-refractivity contribution is 7.90. The number of sulfonamides is 1. The quantitative estimate of drug-likeness (QED) is 0.289. The molecule has 1 aromatic heterocycles. The van der Waals surface area contributed by atoms with Gasteiger partial charge in [0.1, 0.15) is 6.10 Å². The van der Waals surface area contributed by atoms with E-state index in [9.17, 15) is 22.8 Å². The van der Waals surface area contributed by atoms with Gasteiger partial charge in [0.15, 0.2) is 5.78 Å². The van der Waals surface area contributed by atoms with E-state index in [0.29, 0.717) is 37.3 Å². The van der Waals surface area contributed by atoms with Crippen molar-refractivity contribution >= 4 is 49.2 Å². The van der Waals surface area contributed by atoms with Gasteiger partial charge in [-0.15, -0.1) is 0 Å². The van der Waals surface area contributed by atoms with Gasteiger partial charge in [0.05, 0.1) is 33.5 Å². The molecular formula is C37H43N3O6S2. The average molecular weight is 690 g/mol. The molecule has 0 bridgehead atoms. The molecule has 3 fully saturated rings. The number of hydrogen-bond acceptors (Lipinski definition) is 8. The number of carbonyl (C=O) groups is 3. The summed E-state index contributed by atoms with van der Waals surface area (Å²) in [6, 6.07) is 17.2. The molecule has 11 heteroatoms. The number of nitrogens with one attached hydrogen (secondary N) is 1. The third kappa shape index (κ3) is 7.22. The van der Waals surface area contributed by atoms with Gasteiger partial charge in [-0.3, -0.25) is 19.1 Å². The molecule has 0 radical (unpaired) electrons. The van der Waals surface area contributed by atoms with Crippen LogP contribution in [0.5, 0.6) is 5.19 Å². The number of aryl methyl sites for hydroxylation is 1. The molecular weight excluding hydrogens is 647 g/mol. The van der Waals surface area contributed by atoms with Gasteiger partial charge in [0.25, 0.3) is 5.19 Å². The molecule has 3 heterocycles. The van der Waals surface area contributed by atoms with Crippen molar-refractivity contribution in [2.24, 2.45) is 17.3 Å². The summed E-state index contributed by atoms with van der Waals surface area (Å²) >= 11 is 1.44. The van der Waals surface area contributed by atoms with Crippen molar-refractivity contribution in [1.82, 2.24) is 14.6 Å². The van der Waals surface area contributed by atoms with E-state index in [2.05, 4.69) is 27.9 Å². The van der Waals surface area contributed by atoms with Gasteiger partial charge in [-0.25, -0.2) is 13.4 Å². The number of hydrogen-bond donors (Lipinski definition) is 1. The highest BCUT2D eigenvalue weighted by atomic mass is 32.2. The van der Waals surface area contributed by atoms with Crippen LogP contribution in [0, 0.1) is 17.3 Å². The van der Waals surface area contributed by atoms with Crippen LogP contribution in [0.4, 0.5) is 0 Å². The molecule has 0 spiro atoms. The molecule has 2 aromatic carbocycles. The number of aromatic nitrogens is 1. The summed E-state index contributed by atoms with van der Waals surface area (Å²) in [6.45, 7) is 0.256. The number of Topliss-reactive ketones (excluding diaryl/α,β-unsaturated/α-hetero) is 1. The molecule has 48 heavy (non-hydrogen) atoms. The second-order valence-electron chi connectivity index (χ2n) is 14.0. The smallest absolute Gasteiger partial charge is 0.274 e. The normalized spacial score (nSPS) is 29.0. The molecule has 4 aliphatic rings. The van der Waals surface area contributed by atoms with Crippen LogP contribution < -0.4 is 9.46 Å². The Bertz CT molecular complexity index is 1770. The molecule has 0 unspecified atom stereocenters. The standard InChI is InChI=1S/C37H43N3O6S2/c41-32-23-37(35(43)39-48(44,45)29-19-20-29)22-27(37)14-8-3-1-2-7-13-26(18-17-25-11-5-4-6-12-25)34(42)40-24-28(21-31(32)40)46-36-38-30-15-9-10-16-33(30)47-36/h4-6,8-12,14-16,26-29,31H,1-3,7,13,17-24H2,(H,39,43)/b14-8-/t26-,27-,28-,31+,37-/m1/s1. The van der Waals surface area contributed by atoms with Crippen molar-refractivity contribution in [2.45, 2.75) is 94.4 Å². The van der Waals surface area contributed by atoms with Crippen molar-refractivity contribution < 1.29 is 27.5 Å². The average Bonchev–Trinajstić information content (AvgIpc) is 3.97. The maximum atomic E-state index is 14.5. The van der Waals surface area contributed by atoms with Gasteiger partial charge in [-0.05, 0) is 75.0 Å². The van der Waals surface area contributed by atoms with Gasteiger partial charge in [0.2, 0.25) is 21.8 Å². The van der Waals surface area contributed by atoms with Crippen LogP contribution in [0.3, 0.4) is 0 Å². The third-order valence-electron chi connectivity index (χ3n) is 10.5. The van der Waals surface area contributed by atoms with Crippen LogP contribution in [0.2, 0.25) is 0 Å².